The zero-order chi connectivity index (χ0) is 33.9. The number of hydrogen-bond donors (Lipinski definition) is 3. The van der Waals surface area contributed by atoms with Gasteiger partial charge in [0.1, 0.15) is 12.2 Å². The molecule has 0 unspecified atom stereocenters. The second-order valence-corrected chi connectivity index (χ2v) is 14.0. The first-order valence-corrected chi connectivity index (χ1v) is 17.0. The average Bonchev–Trinajstić information content (AvgIpc) is 3.05. The lowest BCUT2D eigenvalue weighted by atomic mass is 10.1. The zero-order valence-corrected chi connectivity index (χ0v) is 27.8. The summed E-state index contributed by atoms with van der Waals surface area (Å²) in [5.74, 6) is -0.316. The van der Waals surface area contributed by atoms with Crippen molar-refractivity contribution in [1.29, 1.82) is 0 Å². The molecule has 3 aromatic rings. The second-order valence-electron chi connectivity index (χ2n) is 12.1. The number of carbonyl (C=O) groups is 3. The molecule has 0 spiro atoms. The molecule has 12 nitrogen and oxygen atoms in total. The number of nitrogens with zero attached hydrogens (tertiary/aromatic N) is 2. The highest BCUT2D eigenvalue weighted by molar-refractivity contribution is 7.89. The van der Waals surface area contributed by atoms with Crippen LogP contribution in [0.25, 0.3) is 0 Å². The van der Waals surface area contributed by atoms with Crippen LogP contribution in [0.15, 0.2) is 83.8 Å². The van der Waals surface area contributed by atoms with Crippen molar-refractivity contribution in [2.24, 2.45) is 0 Å². The van der Waals surface area contributed by atoms with Crippen LogP contribution in [0.3, 0.4) is 0 Å². The van der Waals surface area contributed by atoms with Crippen LogP contribution < -0.4 is 16.0 Å². The summed E-state index contributed by atoms with van der Waals surface area (Å²) in [5.41, 5.74) is 2.28. The molecule has 1 aliphatic heterocycles. The Kier molecular flexibility index (Phi) is 12.3. The summed E-state index contributed by atoms with van der Waals surface area (Å²) in [4.78, 5) is 38.5. The second kappa shape index (κ2) is 16.4. The topological polar surface area (TPSA) is 146 Å². The highest BCUT2D eigenvalue weighted by Gasteiger charge is 2.30. The minimum absolute atomic E-state index is 0.105. The molecule has 1 heterocycles. The molecule has 0 aromatic heterocycles. The van der Waals surface area contributed by atoms with Crippen molar-refractivity contribution in [2.75, 3.05) is 44.6 Å². The Balaban J connectivity index is 1.18. The van der Waals surface area contributed by atoms with Crippen LogP contribution in [0, 0.1) is 0 Å². The van der Waals surface area contributed by atoms with Crippen LogP contribution in [0.5, 0.6) is 0 Å². The minimum atomic E-state index is -3.78. The highest BCUT2D eigenvalue weighted by atomic mass is 32.2. The third-order valence-electron chi connectivity index (χ3n) is 7.20. The Hall–Kier alpha value is -4.46. The van der Waals surface area contributed by atoms with Crippen LogP contribution >= 0.6 is 0 Å². The largest absolute Gasteiger partial charge is 0.445 e. The van der Waals surface area contributed by atoms with E-state index in [1.165, 1.54) is 21.3 Å². The van der Waals surface area contributed by atoms with Crippen LogP contribution in [-0.2, 0) is 32.6 Å². The number of alkyl carbamates (subject to hydrolysis) is 1. The van der Waals surface area contributed by atoms with Gasteiger partial charge in [0.15, 0.2) is 0 Å². The normalized spacial score (nSPS) is 13.9. The van der Waals surface area contributed by atoms with E-state index in [1.54, 1.807) is 24.3 Å². The molecule has 0 aliphatic carbocycles. The molecule has 3 amide bonds. The third kappa shape index (κ3) is 11.1. The van der Waals surface area contributed by atoms with Crippen molar-refractivity contribution < 1.29 is 32.3 Å². The van der Waals surface area contributed by atoms with Crippen molar-refractivity contribution in [3.8, 4) is 0 Å². The Morgan fingerprint density at radius 2 is 1.47 bits per heavy atom. The van der Waals surface area contributed by atoms with Crippen molar-refractivity contribution >= 4 is 33.8 Å². The summed E-state index contributed by atoms with van der Waals surface area (Å²) < 4.78 is 38.4. The number of ether oxygens (including phenoxy) is 2. The number of amides is 3. The summed E-state index contributed by atoms with van der Waals surface area (Å²) in [7, 11) is -3.78. The van der Waals surface area contributed by atoms with Crippen molar-refractivity contribution in [1.82, 2.24) is 19.8 Å². The lowest BCUT2D eigenvalue weighted by Gasteiger charge is -2.33. The van der Waals surface area contributed by atoms with Gasteiger partial charge in [-0.25, -0.2) is 18.0 Å². The summed E-state index contributed by atoms with van der Waals surface area (Å²) in [6.07, 6.45) is -0.167. The number of carbonyl (C=O) groups excluding carboxylic acids is 3. The number of nitrogens with one attached hydrogen (secondary N) is 3. The number of benzene rings is 3. The third-order valence-corrected chi connectivity index (χ3v) is 9.11. The Bertz CT molecular complexity index is 1580. The molecular formula is C34H43N5O7S. The Morgan fingerprint density at radius 3 is 2.11 bits per heavy atom. The first-order valence-electron chi connectivity index (χ1n) is 15.5. The molecule has 47 heavy (non-hydrogen) atoms. The molecule has 0 radical (unpaired) electrons. The van der Waals surface area contributed by atoms with Gasteiger partial charge in [-0.05, 0) is 81.3 Å². The Labute approximate surface area is 276 Å². The first kappa shape index (κ1) is 35.4. The monoisotopic (exact) mass is 665 g/mol. The van der Waals surface area contributed by atoms with Gasteiger partial charge in [0.05, 0.1) is 4.90 Å². The van der Waals surface area contributed by atoms with Gasteiger partial charge in [0, 0.05) is 50.5 Å². The lowest BCUT2D eigenvalue weighted by molar-refractivity contribution is 0.0527. The molecule has 1 aliphatic rings. The fraction of sp³-hybridized carbons (Fsp3) is 0.382. The van der Waals surface area contributed by atoms with E-state index in [9.17, 15) is 22.8 Å². The van der Waals surface area contributed by atoms with E-state index in [1.807, 2.05) is 63.2 Å². The van der Waals surface area contributed by atoms with Crippen molar-refractivity contribution in [2.45, 2.75) is 50.8 Å². The van der Waals surface area contributed by atoms with E-state index in [0.717, 1.165) is 17.5 Å². The number of anilines is 1. The molecular weight excluding hydrogens is 622 g/mol. The molecule has 4 rings (SSSR count). The molecule has 1 saturated heterocycles. The predicted molar refractivity (Wildman–Crippen MR) is 178 cm³/mol. The summed E-state index contributed by atoms with van der Waals surface area (Å²) >= 11 is 0. The standard InChI is InChI=1S/C34H43N5O7S/c1-34(2,3)46-32(41)36-19-7-18-35-24-26-10-12-28(13-11-26)31(40)37-29-14-16-30(17-15-29)47(43,44)39-22-20-38(21-23-39)33(42)45-25-27-8-5-4-6-9-27/h4-6,8-17,35H,7,18-25H2,1-3H3,(H,36,41)(H,37,40). The van der Waals surface area contributed by atoms with E-state index in [0.29, 0.717) is 30.9 Å². The first-order chi connectivity index (χ1) is 22.4. The van der Waals surface area contributed by atoms with Crippen LogP contribution in [0.2, 0.25) is 0 Å². The van der Waals surface area contributed by atoms with E-state index in [-0.39, 0.29) is 43.6 Å². The average molecular weight is 666 g/mol. The fourth-order valence-corrected chi connectivity index (χ4v) is 6.13. The van der Waals surface area contributed by atoms with E-state index >= 15 is 0 Å². The van der Waals surface area contributed by atoms with Gasteiger partial charge in [0.25, 0.3) is 5.91 Å². The van der Waals surface area contributed by atoms with Crippen molar-refractivity contribution in [3.05, 3.63) is 95.6 Å². The maximum Gasteiger partial charge on any atom is 0.410 e. The minimum Gasteiger partial charge on any atom is -0.445 e. The maximum absolute atomic E-state index is 13.2. The maximum atomic E-state index is 13.2. The summed E-state index contributed by atoms with van der Waals surface area (Å²) in [6, 6.07) is 22.6. The zero-order valence-electron chi connectivity index (χ0n) is 27.0. The molecule has 0 atom stereocenters. The van der Waals surface area contributed by atoms with Gasteiger partial charge in [0.2, 0.25) is 10.0 Å². The molecule has 0 bridgehead atoms. The summed E-state index contributed by atoms with van der Waals surface area (Å²) in [5, 5.41) is 8.83. The number of hydrogen-bond acceptors (Lipinski definition) is 8. The SMILES string of the molecule is CC(C)(C)OC(=O)NCCCNCc1ccc(C(=O)Nc2ccc(S(=O)(=O)N3CCN(C(=O)OCc4ccccc4)CC3)cc2)cc1. The van der Waals surface area contributed by atoms with Gasteiger partial charge < -0.3 is 30.3 Å². The van der Waals surface area contributed by atoms with Gasteiger partial charge in [-0.15, -0.1) is 0 Å². The smallest absolute Gasteiger partial charge is 0.410 e. The van der Waals surface area contributed by atoms with E-state index < -0.39 is 27.8 Å². The molecule has 1 fully saturated rings. The molecule has 13 heteroatoms. The number of rotatable bonds is 12. The Morgan fingerprint density at radius 1 is 0.809 bits per heavy atom. The van der Waals surface area contributed by atoms with Gasteiger partial charge in [-0.3, -0.25) is 4.79 Å². The van der Waals surface area contributed by atoms with Crippen LogP contribution in [0.4, 0.5) is 15.3 Å². The van der Waals surface area contributed by atoms with Crippen molar-refractivity contribution in [3.63, 3.8) is 0 Å². The molecule has 0 saturated carbocycles. The molecule has 252 valence electrons. The molecule has 3 aromatic carbocycles. The van der Waals surface area contributed by atoms with Crippen LogP contribution in [0.1, 0.15) is 48.7 Å². The highest BCUT2D eigenvalue weighted by Crippen LogP contribution is 2.21. The van der Waals surface area contributed by atoms with Gasteiger partial charge in [-0.1, -0.05) is 42.5 Å². The predicted octanol–water partition coefficient (Wildman–Crippen LogP) is 4.59. The summed E-state index contributed by atoms with van der Waals surface area (Å²) in [6.45, 7) is 8.16. The van der Waals surface area contributed by atoms with Gasteiger partial charge in [-0.2, -0.15) is 4.31 Å². The fourth-order valence-electron chi connectivity index (χ4n) is 4.71. The van der Waals surface area contributed by atoms with Crippen LogP contribution in [-0.4, -0.2) is 80.6 Å². The van der Waals surface area contributed by atoms with Gasteiger partial charge >= 0.3 is 12.2 Å². The number of piperazine rings is 1. The quantitative estimate of drug-likeness (QED) is 0.238. The van der Waals surface area contributed by atoms with E-state index in [2.05, 4.69) is 16.0 Å². The number of sulfonamides is 1. The van der Waals surface area contributed by atoms with E-state index in [4.69, 9.17) is 9.47 Å². The lowest BCUT2D eigenvalue weighted by Crippen LogP contribution is -2.50. The molecule has 3 N–H and O–H groups in total.